The molecule has 0 radical (unpaired) electrons. The molecule has 190 valence electrons. The molecule has 1 aliphatic heterocycles. The van der Waals surface area contributed by atoms with Gasteiger partial charge in [-0.05, 0) is 80.6 Å². The van der Waals surface area contributed by atoms with Crippen molar-refractivity contribution in [1.29, 1.82) is 0 Å². The number of methoxy groups -OCH3 is 2. The van der Waals surface area contributed by atoms with Gasteiger partial charge in [0.25, 0.3) is 0 Å². The van der Waals surface area contributed by atoms with E-state index in [2.05, 4.69) is 24.4 Å². The third-order valence-corrected chi connectivity index (χ3v) is 6.98. The van der Waals surface area contributed by atoms with Crippen LogP contribution < -0.4 is 14.8 Å². The van der Waals surface area contributed by atoms with E-state index in [1.807, 2.05) is 37.3 Å². The van der Waals surface area contributed by atoms with Gasteiger partial charge in [0.15, 0.2) is 11.6 Å². The van der Waals surface area contributed by atoms with Crippen LogP contribution in [0, 0.1) is 12.7 Å². The van der Waals surface area contributed by atoms with E-state index in [1.54, 1.807) is 12.1 Å². The molecular weight excluding hydrogens is 457 g/mol. The Morgan fingerprint density at radius 1 is 1.14 bits per heavy atom. The zero-order valence-corrected chi connectivity index (χ0v) is 21.3. The molecule has 0 amide bonds. The van der Waals surface area contributed by atoms with Gasteiger partial charge in [0.1, 0.15) is 5.75 Å². The highest BCUT2D eigenvalue weighted by atomic mass is 19.1. The molecule has 1 aliphatic rings. The van der Waals surface area contributed by atoms with Crippen LogP contribution in [0.5, 0.6) is 11.5 Å². The van der Waals surface area contributed by atoms with Crippen molar-refractivity contribution < 1.29 is 23.4 Å². The van der Waals surface area contributed by atoms with Gasteiger partial charge in [-0.3, -0.25) is 0 Å². The molecule has 0 fully saturated rings. The van der Waals surface area contributed by atoms with Crippen LogP contribution in [0.25, 0.3) is 0 Å². The van der Waals surface area contributed by atoms with E-state index in [-0.39, 0.29) is 35.6 Å². The van der Waals surface area contributed by atoms with Crippen LogP contribution in [-0.2, 0) is 4.74 Å². The number of aryl methyl sites for hydroxylation is 1. The Labute approximate surface area is 212 Å². The first-order valence-electron chi connectivity index (χ1n) is 12.4. The molecule has 3 aromatic rings. The Hall–Kier alpha value is -3.38. The van der Waals surface area contributed by atoms with Crippen molar-refractivity contribution in [2.24, 2.45) is 0 Å². The highest BCUT2D eigenvalue weighted by molar-refractivity contribution is 5.91. The van der Waals surface area contributed by atoms with Crippen LogP contribution in [0.3, 0.4) is 0 Å². The maximum atomic E-state index is 13.7. The molecule has 0 aromatic heterocycles. The van der Waals surface area contributed by atoms with Gasteiger partial charge in [0.05, 0.1) is 25.9 Å². The number of carbonyl (C=O) groups is 1. The lowest BCUT2D eigenvalue weighted by Gasteiger charge is -2.33. The van der Waals surface area contributed by atoms with Crippen LogP contribution in [0.4, 0.5) is 4.39 Å². The maximum Gasteiger partial charge on any atom is 0.338 e. The Kier molecular flexibility index (Phi) is 8.26. The molecule has 3 aromatic carbocycles. The average molecular weight is 492 g/mol. The highest BCUT2D eigenvalue weighted by Crippen LogP contribution is 2.41. The second-order valence-corrected chi connectivity index (χ2v) is 9.34. The summed E-state index contributed by atoms with van der Waals surface area (Å²) in [7, 11) is 2.89. The number of para-hydroxylation sites is 1. The summed E-state index contributed by atoms with van der Waals surface area (Å²) in [5.74, 6) is 0.629. The maximum absolute atomic E-state index is 13.7. The van der Waals surface area contributed by atoms with E-state index in [0.29, 0.717) is 5.56 Å². The SMILES string of the molecule is COC(=O)c1cc([C@@H]2C[C@@H](CCCN[C@H](C)c3ccc(F)c(OC)c3)Oc3ccccc32)ccc1C. The molecule has 5 nitrogen and oxygen atoms in total. The largest absolute Gasteiger partial charge is 0.494 e. The van der Waals surface area contributed by atoms with Gasteiger partial charge < -0.3 is 19.5 Å². The second kappa shape index (κ2) is 11.6. The van der Waals surface area contributed by atoms with Gasteiger partial charge in [0.2, 0.25) is 0 Å². The van der Waals surface area contributed by atoms with E-state index in [0.717, 1.165) is 53.8 Å². The first kappa shape index (κ1) is 25.7. The first-order chi connectivity index (χ1) is 17.4. The highest BCUT2D eigenvalue weighted by Gasteiger charge is 2.29. The number of carbonyl (C=O) groups excluding carboxylic acids is 1. The summed E-state index contributed by atoms with van der Waals surface area (Å²) in [6, 6.07) is 19.2. The zero-order chi connectivity index (χ0) is 25.7. The Morgan fingerprint density at radius 2 is 1.94 bits per heavy atom. The molecule has 36 heavy (non-hydrogen) atoms. The van der Waals surface area contributed by atoms with Crippen molar-refractivity contribution in [3.63, 3.8) is 0 Å². The number of esters is 1. The summed E-state index contributed by atoms with van der Waals surface area (Å²) in [6.45, 7) is 4.79. The van der Waals surface area contributed by atoms with E-state index in [9.17, 15) is 9.18 Å². The fourth-order valence-corrected chi connectivity index (χ4v) is 4.88. The van der Waals surface area contributed by atoms with Crippen LogP contribution in [-0.4, -0.2) is 32.8 Å². The Balaban J connectivity index is 1.42. The van der Waals surface area contributed by atoms with Crippen LogP contribution in [0.1, 0.15) is 70.8 Å². The van der Waals surface area contributed by atoms with Gasteiger partial charge >= 0.3 is 5.97 Å². The molecule has 0 saturated carbocycles. The van der Waals surface area contributed by atoms with E-state index in [4.69, 9.17) is 14.2 Å². The molecule has 0 spiro atoms. The quantitative estimate of drug-likeness (QED) is 0.279. The third-order valence-electron chi connectivity index (χ3n) is 6.98. The summed E-state index contributed by atoms with van der Waals surface area (Å²) in [4.78, 5) is 12.3. The molecule has 1 heterocycles. The fraction of sp³-hybridized carbons (Fsp3) is 0.367. The van der Waals surface area contributed by atoms with Gasteiger partial charge in [-0.2, -0.15) is 0 Å². The van der Waals surface area contributed by atoms with Crippen molar-refractivity contribution in [1.82, 2.24) is 5.32 Å². The zero-order valence-electron chi connectivity index (χ0n) is 21.3. The lowest BCUT2D eigenvalue weighted by molar-refractivity contribution is 0.0599. The van der Waals surface area contributed by atoms with Crippen LogP contribution in [0.2, 0.25) is 0 Å². The Morgan fingerprint density at radius 3 is 2.72 bits per heavy atom. The van der Waals surface area contributed by atoms with E-state index >= 15 is 0 Å². The molecule has 0 unspecified atom stereocenters. The summed E-state index contributed by atoms with van der Waals surface area (Å²) in [5, 5.41) is 3.52. The standard InChI is InChI=1S/C30H34FNO4/c1-19-11-12-22(16-25(19)30(33)35-4)26-18-23(36-28-10-6-5-9-24(26)28)8-7-15-32-20(2)21-13-14-27(31)29(17-21)34-3/h5-6,9-14,16-17,20,23,26,32H,7-8,15,18H2,1-4H3/t20-,23-,26+/m1/s1. The molecule has 3 atom stereocenters. The molecule has 4 rings (SSSR count). The van der Waals surface area contributed by atoms with Gasteiger partial charge in [-0.25, -0.2) is 9.18 Å². The number of hydrogen-bond donors (Lipinski definition) is 1. The molecule has 0 aliphatic carbocycles. The smallest absolute Gasteiger partial charge is 0.338 e. The molecule has 1 N–H and O–H groups in total. The van der Waals surface area contributed by atoms with Crippen LogP contribution >= 0.6 is 0 Å². The van der Waals surface area contributed by atoms with Crippen molar-refractivity contribution in [3.05, 3.63) is 94.3 Å². The van der Waals surface area contributed by atoms with Gasteiger partial charge in [0, 0.05) is 17.5 Å². The number of rotatable bonds is 9. The van der Waals surface area contributed by atoms with Crippen molar-refractivity contribution in [3.8, 4) is 11.5 Å². The third kappa shape index (κ3) is 5.71. The fourth-order valence-electron chi connectivity index (χ4n) is 4.88. The first-order valence-corrected chi connectivity index (χ1v) is 12.4. The number of benzene rings is 3. The summed E-state index contributed by atoms with van der Waals surface area (Å²) in [5.41, 5.74) is 4.73. The molecule has 6 heteroatoms. The minimum atomic E-state index is -0.356. The van der Waals surface area contributed by atoms with Crippen LogP contribution in [0.15, 0.2) is 60.7 Å². The van der Waals surface area contributed by atoms with Crippen molar-refractivity contribution in [2.75, 3.05) is 20.8 Å². The number of hydrogen-bond acceptors (Lipinski definition) is 5. The van der Waals surface area contributed by atoms with Gasteiger partial charge in [-0.15, -0.1) is 0 Å². The Bertz CT molecular complexity index is 1210. The lowest BCUT2D eigenvalue weighted by Crippen LogP contribution is -2.28. The molecule has 0 bridgehead atoms. The topological polar surface area (TPSA) is 56.8 Å². The normalized spacial score (nSPS) is 17.6. The molecule has 0 saturated heterocycles. The number of fused-ring (bicyclic) bond motifs is 1. The number of halogens is 1. The minimum absolute atomic E-state index is 0.0656. The predicted molar refractivity (Wildman–Crippen MR) is 138 cm³/mol. The van der Waals surface area contributed by atoms with Gasteiger partial charge in [-0.1, -0.05) is 36.4 Å². The minimum Gasteiger partial charge on any atom is -0.494 e. The van der Waals surface area contributed by atoms with Crippen molar-refractivity contribution in [2.45, 2.75) is 51.2 Å². The predicted octanol–water partition coefficient (Wildman–Crippen LogP) is 6.34. The lowest BCUT2D eigenvalue weighted by atomic mass is 9.82. The summed E-state index contributed by atoms with van der Waals surface area (Å²) < 4.78 is 30.2. The number of nitrogens with one attached hydrogen (secondary N) is 1. The summed E-state index contributed by atoms with van der Waals surface area (Å²) >= 11 is 0. The summed E-state index contributed by atoms with van der Waals surface area (Å²) in [6.07, 6.45) is 2.73. The van der Waals surface area contributed by atoms with E-state index < -0.39 is 0 Å². The second-order valence-electron chi connectivity index (χ2n) is 9.34. The van der Waals surface area contributed by atoms with E-state index in [1.165, 1.54) is 20.3 Å². The monoisotopic (exact) mass is 491 g/mol. The number of ether oxygens (including phenoxy) is 3. The molecular formula is C30H34FNO4. The average Bonchev–Trinajstić information content (AvgIpc) is 2.90. The van der Waals surface area contributed by atoms with Crippen molar-refractivity contribution >= 4 is 5.97 Å².